The third-order valence-electron chi connectivity index (χ3n) is 4.62. The van der Waals surface area contributed by atoms with Crippen LogP contribution in [0.5, 0.6) is 5.75 Å². The SMILES string of the molecule is COc1ccc(CNc2nnc(C#CC(C)(C)OCCO)c3ccc(C#N)cc23)cc1Cl. The fourth-order valence-electron chi connectivity index (χ4n) is 3.00. The van der Waals surface area contributed by atoms with E-state index in [-0.39, 0.29) is 13.2 Å². The van der Waals surface area contributed by atoms with E-state index in [0.29, 0.717) is 34.4 Å². The summed E-state index contributed by atoms with van der Waals surface area (Å²) in [5.74, 6) is 7.19. The van der Waals surface area contributed by atoms with Crippen molar-refractivity contribution in [2.24, 2.45) is 0 Å². The van der Waals surface area contributed by atoms with Crippen LogP contribution in [0.15, 0.2) is 36.4 Å². The number of hydrogen-bond acceptors (Lipinski definition) is 7. The number of benzene rings is 2. The van der Waals surface area contributed by atoms with Crippen LogP contribution in [0.3, 0.4) is 0 Å². The van der Waals surface area contributed by atoms with Gasteiger partial charge in [-0.25, -0.2) is 0 Å². The summed E-state index contributed by atoms with van der Waals surface area (Å²) in [7, 11) is 1.57. The van der Waals surface area contributed by atoms with Crippen LogP contribution in [0.4, 0.5) is 5.82 Å². The van der Waals surface area contributed by atoms with Crippen molar-refractivity contribution >= 4 is 28.2 Å². The Morgan fingerprint density at radius 1 is 1.16 bits per heavy atom. The van der Waals surface area contributed by atoms with Gasteiger partial charge in [0.1, 0.15) is 17.0 Å². The summed E-state index contributed by atoms with van der Waals surface area (Å²) < 4.78 is 10.7. The zero-order valence-corrected chi connectivity index (χ0v) is 18.8. The second-order valence-corrected chi connectivity index (χ2v) is 7.83. The van der Waals surface area contributed by atoms with Gasteiger partial charge in [0.15, 0.2) is 5.82 Å². The van der Waals surface area contributed by atoms with Crippen LogP contribution < -0.4 is 10.1 Å². The standard InChI is InChI=1S/C24H23ClN4O3/c1-24(2,32-11-10-30)9-8-21-18-6-4-16(14-26)12-19(18)23(29-28-21)27-15-17-5-7-22(31-3)20(25)13-17/h4-7,12-13,30H,10-11,15H2,1-3H3,(H,27,29). The number of nitriles is 1. The zero-order valence-electron chi connectivity index (χ0n) is 18.1. The molecule has 8 heteroatoms. The number of nitrogens with one attached hydrogen (secondary N) is 1. The van der Waals surface area contributed by atoms with E-state index in [2.05, 4.69) is 33.4 Å². The molecule has 0 spiro atoms. The lowest BCUT2D eigenvalue weighted by Crippen LogP contribution is -2.23. The molecule has 0 amide bonds. The molecule has 0 aliphatic carbocycles. The average molecular weight is 451 g/mol. The van der Waals surface area contributed by atoms with Gasteiger partial charge < -0.3 is 19.9 Å². The minimum Gasteiger partial charge on any atom is -0.495 e. The van der Waals surface area contributed by atoms with Crippen molar-refractivity contribution in [2.75, 3.05) is 25.6 Å². The number of halogens is 1. The lowest BCUT2D eigenvalue weighted by atomic mass is 10.1. The van der Waals surface area contributed by atoms with Gasteiger partial charge in [0, 0.05) is 17.3 Å². The Labute approximate surface area is 191 Å². The molecule has 0 aliphatic heterocycles. The summed E-state index contributed by atoms with van der Waals surface area (Å²) in [6.07, 6.45) is 0. The molecule has 0 atom stereocenters. The molecule has 0 aliphatic rings. The van der Waals surface area contributed by atoms with E-state index in [1.54, 1.807) is 25.3 Å². The number of nitrogens with zero attached hydrogens (tertiary/aromatic N) is 3. The summed E-state index contributed by atoms with van der Waals surface area (Å²) in [5, 5.41) is 32.2. The van der Waals surface area contributed by atoms with E-state index in [1.165, 1.54) is 0 Å². The second kappa shape index (κ2) is 10.3. The van der Waals surface area contributed by atoms with E-state index >= 15 is 0 Å². The van der Waals surface area contributed by atoms with Gasteiger partial charge in [0.25, 0.3) is 0 Å². The Morgan fingerprint density at radius 2 is 1.97 bits per heavy atom. The number of methoxy groups -OCH3 is 1. The van der Waals surface area contributed by atoms with Crippen LogP contribution in [0.1, 0.15) is 30.7 Å². The molecule has 0 saturated carbocycles. The first-order valence-corrected chi connectivity index (χ1v) is 10.3. The molecular weight excluding hydrogens is 428 g/mol. The summed E-state index contributed by atoms with van der Waals surface area (Å²) in [4.78, 5) is 0. The number of ether oxygens (including phenoxy) is 2. The van der Waals surface area contributed by atoms with Gasteiger partial charge >= 0.3 is 0 Å². The number of aliphatic hydroxyl groups is 1. The molecule has 0 radical (unpaired) electrons. The Bertz CT molecular complexity index is 1230. The largest absolute Gasteiger partial charge is 0.495 e. The molecular formula is C24H23ClN4O3. The molecule has 164 valence electrons. The molecule has 2 N–H and O–H groups in total. The van der Waals surface area contributed by atoms with Crippen LogP contribution >= 0.6 is 11.6 Å². The van der Waals surface area contributed by atoms with Gasteiger partial charge in [-0.1, -0.05) is 29.7 Å². The number of anilines is 1. The highest BCUT2D eigenvalue weighted by Crippen LogP contribution is 2.27. The van der Waals surface area contributed by atoms with Crippen LogP contribution in [0.2, 0.25) is 5.02 Å². The highest BCUT2D eigenvalue weighted by Gasteiger charge is 2.15. The van der Waals surface area contributed by atoms with Crippen molar-refractivity contribution in [3.63, 3.8) is 0 Å². The van der Waals surface area contributed by atoms with Crippen LogP contribution in [-0.4, -0.2) is 41.2 Å². The lowest BCUT2D eigenvalue weighted by molar-refractivity contribution is 0.00604. The van der Waals surface area contributed by atoms with Crippen molar-refractivity contribution in [3.8, 4) is 23.7 Å². The molecule has 1 heterocycles. The maximum Gasteiger partial charge on any atom is 0.156 e. The highest BCUT2D eigenvalue weighted by atomic mass is 35.5. The number of hydrogen-bond donors (Lipinski definition) is 2. The molecule has 3 rings (SSSR count). The smallest absolute Gasteiger partial charge is 0.156 e. The fraction of sp³-hybridized carbons (Fsp3) is 0.292. The van der Waals surface area contributed by atoms with Gasteiger partial charge in [-0.3, -0.25) is 0 Å². The summed E-state index contributed by atoms with van der Waals surface area (Å²) in [6, 6.07) is 13.0. The predicted molar refractivity (Wildman–Crippen MR) is 124 cm³/mol. The number of aromatic nitrogens is 2. The molecule has 0 unspecified atom stereocenters. The van der Waals surface area contributed by atoms with Gasteiger partial charge in [0.05, 0.1) is 37.0 Å². The summed E-state index contributed by atoms with van der Waals surface area (Å²) in [6.45, 7) is 4.20. The first-order valence-electron chi connectivity index (χ1n) is 9.91. The second-order valence-electron chi connectivity index (χ2n) is 7.42. The van der Waals surface area contributed by atoms with Crippen molar-refractivity contribution in [2.45, 2.75) is 26.0 Å². The van der Waals surface area contributed by atoms with Crippen molar-refractivity contribution in [1.82, 2.24) is 10.2 Å². The molecule has 2 aromatic carbocycles. The third kappa shape index (κ3) is 5.66. The topological polar surface area (TPSA) is 100 Å². The van der Waals surface area contributed by atoms with Crippen molar-refractivity contribution in [1.29, 1.82) is 5.26 Å². The molecule has 0 bridgehead atoms. The van der Waals surface area contributed by atoms with Gasteiger partial charge in [-0.15, -0.1) is 10.2 Å². The maximum absolute atomic E-state index is 9.34. The minimum absolute atomic E-state index is 0.0788. The Balaban J connectivity index is 1.94. The lowest BCUT2D eigenvalue weighted by Gasteiger charge is -2.17. The average Bonchev–Trinajstić information content (AvgIpc) is 2.80. The van der Waals surface area contributed by atoms with Gasteiger partial charge in [-0.05, 0) is 49.6 Å². The number of rotatable bonds is 7. The van der Waals surface area contributed by atoms with Gasteiger partial charge in [0.2, 0.25) is 0 Å². The van der Waals surface area contributed by atoms with Crippen molar-refractivity contribution < 1.29 is 14.6 Å². The summed E-state index contributed by atoms with van der Waals surface area (Å²) in [5.41, 5.74) is 1.16. The number of fused-ring (bicyclic) bond motifs is 1. The zero-order chi connectivity index (χ0) is 23.1. The van der Waals surface area contributed by atoms with Crippen LogP contribution in [0, 0.1) is 23.2 Å². The fourth-order valence-corrected chi connectivity index (χ4v) is 3.28. The first kappa shape index (κ1) is 23.3. The molecule has 1 aromatic heterocycles. The maximum atomic E-state index is 9.34. The monoisotopic (exact) mass is 450 g/mol. The highest BCUT2D eigenvalue weighted by molar-refractivity contribution is 6.32. The number of aliphatic hydroxyl groups excluding tert-OH is 1. The molecule has 32 heavy (non-hydrogen) atoms. The molecule has 7 nitrogen and oxygen atoms in total. The summed E-state index contributed by atoms with van der Waals surface area (Å²) >= 11 is 6.21. The minimum atomic E-state index is -0.756. The van der Waals surface area contributed by atoms with Crippen molar-refractivity contribution in [3.05, 3.63) is 58.2 Å². The van der Waals surface area contributed by atoms with Gasteiger partial charge in [-0.2, -0.15) is 5.26 Å². The quantitative estimate of drug-likeness (QED) is 0.526. The normalized spacial score (nSPS) is 10.9. The van der Waals surface area contributed by atoms with E-state index in [4.69, 9.17) is 26.2 Å². The van der Waals surface area contributed by atoms with E-state index < -0.39 is 5.60 Å². The van der Waals surface area contributed by atoms with Crippen LogP contribution in [-0.2, 0) is 11.3 Å². The molecule has 0 saturated heterocycles. The molecule has 3 aromatic rings. The third-order valence-corrected chi connectivity index (χ3v) is 4.92. The Kier molecular flexibility index (Phi) is 7.50. The Hall–Kier alpha value is -3.36. The Morgan fingerprint density at radius 3 is 2.66 bits per heavy atom. The predicted octanol–water partition coefficient (Wildman–Crippen LogP) is 3.91. The molecule has 0 fully saturated rings. The van der Waals surface area contributed by atoms with E-state index in [0.717, 1.165) is 16.3 Å². The van der Waals surface area contributed by atoms with E-state index in [1.807, 2.05) is 32.0 Å². The van der Waals surface area contributed by atoms with Crippen LogP contribution in [0.25, 0.3) is 10.8 Å². The first-order chi connectivity index (χ1) is 15.4. The van der Waals surface area contributed by atoms with E-state index in [9.17, 15) is 5.26 Å².